The highest BCUT2D eigenvalue weighted by atomic mass is 127. The summed E-state index contributed by atoms with van der Waals surface area (Å²) in [4.78, 5) is 4.18. The molecule has 0 saturated heterocycles. The fraction of sp³-hybridized carbons (Fsp3) is 0. The number of rotatable bonds is 1. The number of hydrogen-bond acceptors (Lipinski definition) is 3. The van der Waals surface area contributed by atoms with E-state index in [0.717, 1.165) is 11.3 Å². The van der Waals surface area contributed by atoms with Crippen molar-refractivity contribution in [1.29, 1.82) is 0 Å². The van der Waals surface area contributed by atoms with Gasteiger partial charge in [0.1, 0.15) is 12.0 Å². The molecule has 0 amide bonds. The second kappa shape index (κ2) is 2.94. The van der Waals surface area contributed by atoms with Gasteiger partial charge in [0.15, 0.2) is 0 Å². The molecule has 56 valence electrons. The van der Waals surface area contributed by atoms with Crippen LogP contribution in [-0.2, 0) is 0 Å². The van der Waals surface area contributed by atoms with Gasteiger partial charge in [-0.25, -0.2) is 4.98 Å². The summed E-state index contributed by atoms with van der Waals surface area (Å²) in [6.45, 7) is 0. The molecule has 2 rings (SSSR count). The van der Waals surface area contributed by atoms with Crippen LogP contribution in [-0.4, -0.2) is 4.98 Å². The SMILES string of the molecule is Ic1nc(-c2ccsc2)co1. The molecule has 0 bridgehead atoms. The molecule has 2 nitrogen and oxygen atoms in total. The van der Waals surface area contributed by atoms with E-state index in [9.17, 15) is 0 Å². The zero-order valence-electron chi connectivity index (χ0n) is 5.45. The molecule has 2 heterocycles. The second-order valence-electron chi connectivity index (χ2n) is 2.00. The maximum atomic E-state index is 5.07. The average Bonchev–Trinajstić information content (AvgIpc) is 2.55. The summed E-state index contributed by atoms with van der Waals surface area (Å²) in [7, 11) is 0. The molecule has 0 saturated carbocycles. The third kappa shape index (κ3) is 1.46. The number of nitrogens with zero attached hydrogens (tertiary/aromatic N) is 1. The van der Waals surface area contributed by atoms with Crippen LogP contribution in [0.3, 0.4) is 0 Å². The summed E-state index contributed by atoms with van der Waals surface area (Å²) in [6, 6.07) is 2.03. The number of hydrogen-bond donors (Lipinski definition) is 0. The lowest BCUT2D eigenvalue weighted by Crippen LogP contribution is -1.71. The highest BCUT2D eigenvalue weighted by Gasteiger charge is 2.02. The molecular weight excluding hydrogens is 273 g/mol. The Hall–Kier alpha value is -0.360. The van der Waals surface area contributed by atoms with Gasteiger partial charge in [-0.05, 0) is 11.4 Å². The summed E-state index contributed by atoms with van der Waals surface area (Å²) >= 11 is 3.71. The van der Waals surface area contributed by atoms with Crippen LogP contribution < -0.4 is 0 Å². The molecular formula is C7H4INOS. The summed E-state index contributed by atoms with van der Waals surface area (Å²) in [5.41, 5.74) is 2.04. The quantitative estimate of drug-likeness (QED) is 0.749. The normalized spacial score (nSPS) is 10.3. The molecule has 0 fully saturated rings. The Balaban J connectivity index is 2.45. The van der Waals surface area contributed by atoms with Crippen LogP contribution in [0.2, 0.25) is 0 Å². The smallest absolute Gasteiger partial charge is 0.257 e. The first kappa shape index (κ1) is 7.30. The summed E-state index contributed by atoms with van der Waals surface area (Å²) in [5.74, 6) is 0. The lowest BCUT2D eigenvalue weighted by molar-refractivity contribution is 0.525. The van der Waals surface area contributed by atoms with Crippen molar-refractivity contribution >= 4 is 33.9 Å². The zero-order valence-corrected chi connectivity index (χ0v) is 8.43. The minimum absolute atomic E-state index is 0.684. The molecule has 0 spiro atoms. The summed E-state index contributed by atoms with van der Waals surface area (Å²) in [5, 5.41) is 4.07. The molecule has 2 aromatic heterocycles. The molecule has 4 heteroatoms. The maximum Gasteiger partial charge on any atom is 0.257 e. The molecule has 0 aliphatic rings. The van der Waals surface area contributed by atoms with Gasteiger partial charge in [0.25, 0.3) is 3.90 Å². The van der Waals surface area contributed by atoms with Gasteiger partial charge in [0.2, 0.25) is 0 Å². The van der Waals surface area contributed by atoms with Crippen molar-refractivity contribution in [2.45, 2.75) is 0 Å². The number of oxazole rings is 1. The van der Waals surface area contributed by atoms with Gasteiger partial charge in [0.05, 0.1) is 0 Å². The van der Waals surface area contributed by atoms with E-state index in [2.05, 4.69) is 27.6 Å². The number of aromatic nitrogens is 1. The van der Waals surface area contributed by atoms with E-state index in [1.165, 1.54) is 0 Å². The number of halogens is 1. The van der Waals surface area contributed by atoms with Gasteiger partial charge in [-0.15, -0.1) is 0 Å². The molecule has 11 heavy (non-hydrogen) atoms. The molecule has 0 aromatic carbocycles. The van der Waals surface area contributed by atoms with E-state index in [1.54, 1.807) is 17.6 Å². The Morgan fingerprint density at radius 3 is 3.00 bits per heavy atom. The van der Waals surface area contributed by atoms with E-state index in [-0.39, 0.29) is 0 Å². The average molecular weight is 277 g/mol. The van der Waals surface area contributed by atoms with Crippen LogP contribution >= 0.6 is 33.9 Å². The summed E-state index contributed by atoms with van der Waals surface area (Å²) < 4.78 is 5.75. The van der Waals surface area contributed by atoms with Crippen molar-refractivity contribution in [3.8, 4) is 11.3 Å². The van der Waals surface area contributed by atoms with Gasteiger partial charge in [-0.3, -0.25) is 0 Å². The van der Waals surface area contributed by atoms with E-state index >= 15 is 0 Å². The Morgan fingerprint density at radius 2 is 2.45 bits per heavy atom. The lowest BCUT2D eigenvalue weighted by atomic mass is 10.3. The van der Waals surface area contributed by atoms with Crippen LogP contribution in [0.5, 0.6) is 0 Å². The lowest BCUT2D eigenvalue weighted by Gasteiger charge is -1.82. The van der Waals surface area contributed by atoms with Crippen LogP contribution in [0.1, 0.15) is 0 Å². The molecule has 0 aliphatic carbocycles. The Morgan fingerprint density at radius 1 is 1.55 bits per heavy atom. The minimum atomic E-state index is 0.684. The fourth-order valence-electron chi connectivity index (χ4n) is 0.795. The van der Waals surface area contributed by atoms with Crippen molar-refractivity contribution in [1.82, 2.24) is 4.98 Å². The van der Waals surface area contributed by atoms with Crippen molar-refractivity contribution in [2.24, 2.45) is 0 Å². The largest absolute Gasteiger partial charge is 0.440 e. The van der Waals surface area contributed by atoms with Crippen LogP contribution in [0.4, 0.5) is 0 Å². The molecule has 0 N–H and O–H groups in total. The van der Waals surface area contributed by atoms with Crippen molar-refractivity contribution < 1.29 is 4.42 Å². The standard InChI is InChI=1S/C7H4INOS/c8-7-9-6(3-10-7)5-1-2-11-4-5/h1-4H. The molecule has 2 aromatic rings. The second-order valence-corrected chi connectivity index (χ2v) is 3.70. The fourth-order valence-corrected chi connectivity index (χ4v) is 1.83. The number of thiophene rings is 1. The molecule has 0 aliphatic heterocycles. The molecule has 0 radical (unpaired) electrons. The van der Waals surface area contributed by atoms with Crippen LogP contribution in [0.25, 0.3) is 11.3 Å². The Labute approximate surface area is 81.4 Å². The van der Waals surface area contributed by atoms with Crippen molar-refractivity contribution in [2.75, 3.05) is 0 Å². The highest BCUT2D eigenvalue weighted by molar-refractivity contribution is 14.1. The minimum Gasteiger partial charge on any atom is -0.440 e. The first-order valence-electron chi connectivity index (χ1n) is 3.00. The third-order valence-electron chi connectivity index (χ3n) is 1.29. The summed E-state index contributed by atoms with van der Waals surface area (Å²) in [6.07, 6.45) is 1.67. The van der Waals surface area contributed by atoms with Gasteiger partial charge in [-0.1, -0.05) is 0 Å². The van der Waals surface area contributed by atoms with E-state index in [1.807, 2.05) is 16.8 Å². The predicted octanol–water partition coefficient (Wildman–Crippen LogP) is 3.01. The monoisotopic (exact) mass is 277 g/mol. The van der Waals surface area contributed by atoms with E-state index in [4.69, 9.17) is 4.42 Å². The topological polar surface area (TPSA) is 26.0 Å². The van der Waals surface area contributed by atoms with E-state index < -0.39 is 0 Å². The van der Waals surface area contributed by atoms with Crippen molar-refractivity contribution in [3.05, 3.63) is 27.0 Å². The van der Waals surface area contributed by atoms with Gasteiger partial charge >= 0.3 is 0 Å². The van der Waals surface area contributed by atoms with Gasteiger partial charge < -0.3 is 4.42 Å². The highest BCUT2D eigenvalue weighted by Crippen LogP contribution is 2.21. The first-order chi connectivity index (χ1) is 5.36. The predicted molar refractivity (Wildman–Crippen MR) is 52.5 cm³/mol. The Kier molecular flexibility index (Phi) is 1.95. The van der Waals surface area contributed by atoms with E-state index in [0.29, 0.717) is 3.90 Å². The maximum absolute atomic E-state index is 5.07. The third-order valence-corrected chi connectivity index (χ3v) is 2.47. The first-order valence-corrected chi connectivity index (χ1v) is 5.02. The van der Waals surface area contributed by atoms with Gasteiger partial charge in [-0.2, -0.15) is 11.3 Å². The van der Waals surface area contributed by atoms with Crippen LogP contribution in [0.15, 0.2) is 27.5 Å². The molecule has 0 unspecified atom stereocenters. The Bertz CT molecular complexity index is 341. The molecule has 0 atom stereocenters. The van der Waals surface area contributed by atoms with Gasteiger partial charge in [0, 0.05) is 33.5 Å². The zero-order chi connectivity index (χ0) is 7.68. The van der Waals surface area contributed by atoms with Crippen LogP contribution in [0, 0.1) is 3.90 Å². The van der Waals surface area contributed by atoms with Crippen molar-refractivity contribution in [3.63, 3.8) is 0 Å².